The lowest BCUT2D eigenvalue weighted by Crippen LogP contribution is -2.06. The third kappa shape index (κ3) is 2.41. The van der Waals surface area contributed by atoms with Crippen LogP contribution in [0.1, 0.15) is 17.5 Å². The van der Waals surface area contributed by atoms with E-state index in [0.717, 1.165) is 22.6 Å². The highest BCUT2D eigenvalue weighted by Crippen LogP contribution is 2.25. The fourth-order valence-corrected chi connectivity index (χ4v) is 2.60. The van der Waals surface area contributed by atoms with Crippen molar-refractivity contribution in [2.24, 2.45) is 0 Å². The SMILES string of the molecule is Cc1cnc(Cn2c(CCCl)nc3c(Cl)cccc32)o1. The molecule has 0 fully saturated rings. The molecule has 0 N–H and O–H groups in total. The second-order valence-corrected chi connectivity index (χ2v) is 5.31. The van der Waals surface area contributed by atoms with Crippen LogP contribution in [-0.2, 0) is 13.0 Å². The first-order valence-corrected chi connectivity index (χ1v) is 7.21. The number of para-hydroxylation sites is 1. The van der Waals surface area contributed by atoms with Gasteiger partial charge in [-0.15, -0.1) is 11.6 Å². The van der Waals surface area contributed by atoms with Crippen LogP contribution in [0.5, 0.6) is 0 Å². The van der Waals surface area contributed by atoms with Crippen molar-refractivity contribution in [2.45, 2.75) is 19.9 Å². The van der Waals surface area contributed by atoms with Crippen LogP contribution < -0.4 is 0 Å². The summed E-state index contributed by atoms with van der Waals surface area (Å²) >= 11 is 12.1. The quantitative estimate of drug-likeness (QED) is 0.688. The lowest BCUT2D eigenvalue weighted by molar-refractivity contribution is 0.456. The van der Waals surface area contributed by atoms with Gasteiger partial charge in [0.25, 0.3) is 0 Å². The molecule has 3 aromatic rings. The first-order valence-electron chi connectivity index (χ1n) is 6.30. The summed E-state index contributed by atoms with van der Waals surface area (Å²) in [7, 11) is 0. The molecule has 0 saturated heterocycles. The minimum absolute atomic E-state index is 0.506. The molecule has 0 aliphatic carbocycles. The Hall–Kier alpha value is -1.52. The molecule has 0 aliphatic rings. The van der Waals surface area contributed by atoms with Crippen LogP contribution in [0.3, 0.4) is 0 Å². The van der Waals surface area contributed by atoms with Crippen LogP contribution in [0, 0.1) is 6.92 Å². The van der Waals surface area contributed by atoms with E-state index in [1.807, 2.05) is 25.1 Å². The Morgan fingerprint density at radius 2 is 2.20 bits per heavy atom. The average molecular weight is 310 g/mol. The van der Waals surface area contributed by atoms with Gasteiger partial charge in [0.15, 0.2) is 0 Å². The molecule has 0 spiro atoms. The van der Waals surface area contributed by atoms with Crippen molar-refractivity contribution in [3.05, 3.63) is 46.9 Å². The third-order valence-electron chi connectivity index (χ3n) is 3.09. The molecule has 104 valence electrons. The number of halogens is 2. The van der Waals surface area contributed by atoms with Gasteiger partial charge in [-0.2, -0.15) is 0 Å². The standard InChI is InChI=1S/C14H13Cl2N3O/c1-9-7-17-13(20-9)8-19-11-4-2-3-10(16)14(11)18-12(19)5-6-15/h2-4,7H,5-6,8H2,1H3. The van der Waals surface area contributed by atoms with Gasteiger partial charge in [-0.1, -0.05) is 17.7 Å². The number of aryl methyl sites for hydroxylation is 2. The Bertz CT molecular complexity index is 748. The van der Waals surface area contributed by atoms with Gasteiger partial charge in [0.2, 0.25) is 5.89 Å². The Morgan fingerprint density at radius 1 is 1.35 bits per heavy atom. The Labute approximate surface area is 126 Å². The lowest BCUT2D eigenvalue weighted by atomic mass is 10.3. The molecule has 6 heteroatoms. The van der Waals surface area contributed by atoms with Crippen LogP contribution in [0.2, 0.25) is 5.02 Å². The summed E-state index contributed by atoms with van der Waals surface area (Å²) in [4.78, 5) is 8.82. The van der Waals surface area contributed by atoms with Gasteiger partial charge in [0.05, 0.1) is 16.7 Å². The number of alkyl halides is 1. The molecular weight excluding hydrogens is 297 g/mol. The van der Waals surface area contributed by atoms with Crippen molar-refractivity contribution in [2.75, 3.05) is 5.88 Å². The predicted molar refractivity (Wildman–Crippen MR) is 79.5 cm³/mol. The second-order valence-electron chi connectivity index (χ2n) is 4.53. The molecule has 20 heavy (non-hydrogen) atoms. The van der Waals surface area contributed by atoms with Gasteiger partial charge in [-0.3, -0.25) is 0 Å². The topological polar surface area (TPSA) is 43.9 Å². The zero-order chi connectivity index (χ0) is 14.1. The van der Waals surface area contributed by atoms with Crippen molar-refractivity contribution in [3.63, 3.8) is 0 Å². The number of rotatable bonds is 4. The van der Waals surface area contributed by atoms with Crippen molar-refractivity contribution in [1.29, 1.82) is 0 Å². The van der Waals surface area contributed by atoms with Crippen LogP contribution in [0.4, 0.5) is 0 Å². The number of fused-ring (bicyclic) bond motifs is 1. The van der Waals surface area contributed by atoms with Gasteiger partial charge in [-0.05, 0) is 19.1 Å². The number of aromatic nitrogens is 3. The molecule has 0 unspecified atom stereocenters. The zero-order valence-electron chi connectivity index (χ0n) is 10.9. The van der Waals surface area contributed by atoms with E-state index in [9.17, 15) is 0 Å². The monoisotopic (exact) mass is 309 g/mol. The van der Waals surface area contributed by atoms with Crippen LogP contribution in [-0.4, -0.2) is 20.4 Å². The normalized spacial score (nSPS) is 11.3. The van der Waals surface area contributed by atoms with E-state index in [1.165, 1.54) is 0 Å². The minimum atomic E-state index is 0.506. The summed E-state index contributed by atoms with van der Waals surface area (Å²) in [5.41, 5.74) is 1.76. The Kier molecular flexibility index (Phi) is 3.68. The maximum absolute atomic E-state index is 6.20. The number of benzene rings is 1. The highest BCUT2D eigenvalue weighted by Gasteiger charge is 2.14. The van der Waals surface area contributed by atoms with Gasteiger partial charge < -0.3 is 8.98 Å². The van der Waals surface area contributed by atoms with Crippen molar-refractivity contribution >= 4 is 34.2 Å². The van der Waals surface area contributed by atoms with Gasteiger partial charge in [0, 0.05) is 12.3 Å². The maximum atomic E-state index is 6.20. The Balaban J connectivity index is 2.11. The van der Waals surface area contributed by atoms with E-state index >= 15 is 0 Å². The summed E-state index contributed by atoms with van der Waals surface area (Å²) < 4.78 is 7.59. The lowest BCUT2D eigenvalue weighted by Gasteiger charge is -2.05. The van der Waals surface area contributed by atoms with E-state index in [4.69, 9.17) is 27.6 Å². The highest BCUT2D eigenvalue weighted by atomic mass is 35.5. The molecule has 2 heterocycles. The van der Waals surface area contributed by atoms with Crippen molar-refractivity contribution in [3.8, 4) is 0 Å². The van der Waals surface area contributed by atoms with E-state index in [2.05, 4.69) is 14.5 Å². The van der Waals surface area contributed by atoms with Crippen LogP contribution in [0.15, 0.2) is 28.8 Å². The van der Waals surface area contributed by atoms with Crippen LogP contribution in [0.25, 0.3) is 11.0 Å². The van der Waals surface area contributed by atoms with E-state index in [1.54, 1.807) is 6.20 Å². The number of hydrogen-bond donors (Lipinski definition) is 0. The van der Waals surface area contributed by atoms with Gasteiger partial charge in [0.1, 0.15) is 23.6 Å². The van der Waals surface area contributed by atoms with E-state index < -0.39 is 0 Å². The molecule has 0 radical (unpaired) electrons. The summed E-state index contributed by atoms with van der Waals surface area (Å²) in [5, 5.41) is 0.639. The first kappa shape index (κ1) is 13.5. The molecule has 4 nitrogen and oxygen atoms in total. The molecule has 0 atom stereocenters. The minimum Gasteiger partial charge on any atom is -0.444 e. The van der Waals surface area contributed by atoms with E-state index in [-0.39, 0.29) is 0 Å². The molecule has 0 bridgehead atoms. The molecule has 0 amide bonds. The first-order chi connectivity index (χ1) is 9.69. The summed E-state index contributed by atoms with van der Waals surface area (Å²) in [5.74, 6) is 2.84. The Morgan fingerprint density at radius 3 is 2.90 bits per heavy atom. The zero-order valence-corrected chi connectivity index (χ0v) is 12.4. The van der Waals surface area contributed by atoms with Crippen LogP contribution >= 0.6 is 23.2 Å². The van der Waals surface area contributed by atoms with Crippen molar-refractivity contribution in [1.82, 2.24) is 14.5 Å². The number of hydrogen-bond acceptors (Lipinski definition) is 3. The summed E-state index contributed by atoms with van der Waals surface area (Å²) in [6.45, 7) is 2.40. The molecule has 2 aromatic heterocycles. The largest absolute Gasteiger partial charge is 0.444 e. The van der Waals surface area contributed by atoms with Gasteiger partial charge in [-0.25, -0.2) is 9.97 Å². The molecular formula is C14H13Cl2N3O. The molecule has 1 aromatic carbocycles. The highest BCUT2D eigenvalue weighted by molar-refractivity contribution is 6.34. The molecule has 3 rings (SSSR count). The molecule has 0 saturated carbocycles. The third-order valence-corrected chi connectivity index (χ3v) is 3.58. The predicted octanol–water partition coefficient (Wildman–Crippen LogP) is 3.82. The number of nitrogens with zero attached hydrogens (tertiary/aromatic N) is 3. The summed E-state index contributed by atoms with van der Waals surface area (Å²) in [6.07, 6.45) is 2.38. The fourth-order valence-electron chi connectivity index (χ4n) is 2.22. The molecule has 0 aliphatic heterocycles. The van der Waals surface area contributed by atoms with E-state index in [0.29, 0.717) is 29.8 Å². The second kappa shape index (κ2) is 5.46. The number of imidazole rings is 1. The summed E-state index contributed by atoms with van der Waals surface area (Å²) in [6, 6.07) is 5.73. The number of oxazole rings is 1. The smallest absolute Gasteiger partial charge is 0.214 e. The fraction of sp³-hybridized carbons (Fsp3) is 0.286. The maximum Gasteiger partial charge on any atom is 0.214 e. The van der Waals surface area contributed by atoms with Crippen molar-refractivity contribution < 1.29 is 4.42 Å². The van der Waals surface area contributed by atoms with Gasteiger partial charge >= 0.3 is 0 Å². The average Bonchev–Trinajstić information content (AvgIpc) is 2.97.